The van der Waals surface area contributed by atoms with Crippen LogP contribution in [0.1, 0.15) is 33.6 Å². The van der Waals surface area contributed by atoms with Crippen LogP contribution >= 0.6 is 11.6 Å². The van der Waals surface area contributed by atoms with Gasteiger partial charge in [-0.1, -0.05) is 25.4 Å². The highest BCUT2D eigenvalue weighted by atomic mass is 35.5. The monoisotopic (exact) mass is 342 g/mol. The zero-order chi connectivity index (χ0) is 17.4. The fraction of sp³-hybridized carbons (Fsp3) is 0.588. The van der Waals surface area contributed by atoms with Crippen molar-refractivity contribution in [1.29, 1.82) is 0 Å². The van der Waals surface area contributed by atoms with Gasteiger partial charge >= 0.3 is 0 Å². The third-order valence-electron chi connectivity index (χ3n) is 3.63. The lowest BCUT2D eigenvalue weighted by atomic mass is 10.0. The van der Waals surface area contributed by atoms with E-state index in [1.807, 2.05) is 20.8 Å². The van der Waals surface area contributed by atoms with Gasteiger partial charge < -0.3 is 20.5 Å². The summed E-state index contributed by atoms with van der Waals surface area (Å²) in [6, 6.07) is 5.10. The van der Waals surface area contributed by atoms with Crippen LogP contribution in [0.2, 0.25) is 5.02 Å². The van der Waals surface area contributed by atoms with Crippen molar-refractivity contribution in [1.82, 2.24) is 5.32 Å². The number of carbonyl (C=O) groups excluding carboxylic acids is 1. The van der Waals surface area contributed by atoms with Gasteiger partial charge in [-0.15, -0.1) is 0 Å². The number of carbonyl (C=O) groups is 1. The standard InChI is InChI=1S/C17H27ClN2O3/c1-11(2)15(21)7-8-19-12(3)9-17(22)20-14-10-13(18)5-6-16(14)23-4/h5-6,10-12,15,19,21H,7-9H2,1-4H3,(H,20,22). The van der Waals surface area contributed by atoms with E-state index in [1.165, 1.54) is 0 Å². The van der Waals surface area contributed by atoms with Crippen LogP contribution in [0.25, 0.3) is 0 Å². The van der Waals surface area contributed by atoms with E-state index >= 15 is 0 Å². The number of methoxy groups -OCH3 is 1. The number of rotatable bonds is 9. The molecule has 0 aliphatic heterocycles. The second-order valence-corrected chi connectivity index (χ2v) is 6.49. The van der Waals surface area contributed by atoms with Gasteiger partial charge in [-0.05, 0) is 44.0 Å². The minimum Gasteiger partial charge on any atom is -0.495 e. The Morgan fingerprint density at radius 3 is 2.65 bits per heavy atom. The topological polar surface area (TPSA) is 70.6 Å². The molecule has 0 saturated heterocycles. The quantitative estimate of drug-likeness (QED) is 0.645. The van der Waals surface area contributed by atoms with Crippen molar-refractivity contribution < 1.29 is 14.6 Å². The number of nitrogens with one attached hydrogen (secondary N) is 2. The molecule has 0 radical (unpaired) electrons. The van der Waals surface area contributed by atoms with Crippen LogP contribution in [-0.4, -0.2) is 36.8 Å². The molecule has 0 saturated carbocycles. The van der Waals surface area contributed by atoms with Crippen LogP contribution in [0.4, 0.5) is 5.69 Å². The number of hydrogen-bond donors (Lipinski definition) is 3. The summed E-state index contributed by atoms with van der Waals surface area (Å²) in [5.74, 6) is 0.698. The Balaban J connectivity index is 2.43. The smallest absolute Gasteiger partial charge is 0.226 e. The zero-order valence-corrected chi connectivity index (χ0v) is 15.0. The normalized spacial score (nSPS) is 13.7. The number of benzene rings is 1. The third kappa shape index (κ3) is 7.20. The van der Waals surface area contributed by atoms with Crippen LogP contribution in [0.3, 0.4) is 0 Å². The van der Waals surface area contributed by atoms with Gasteiger partial charge in [0.2, 0.25) is 5.91 Å². The largest absolute Gasteiger partial charge is 0.495 e. The number of amides is 1. The van der Waals surface area contributed by atoms with Crippen LogP contribution in [-0.2, 0) is 4.79 Å². The number of ether oxygens (including phenoxy) is 1. The summed E-state index contributed by atoms with van der Waals surface area (Å²) in [6.07, 6.45) is 0.679. The van der Waals surface area contributed by atoms with E-state index in [0.717, 1.165) is 0 Å². The summed E-state index contributed by atoms with van der Waals surface area (Å²) in [7, 11) is 1.54. The van der Waals surface area contributed by atoms with Crippen molar-refractivity contribution in [2.45, 2.75) is 45.8 Å². The van der Waals surface area contributed by atoms with Crippen molar-refractivity contribution in [2.75, 3.05) is 19.0 Å². The summed E-state index contributed by atoms with van der Waals surface area (Å²) in [5.41, 5.74) is 0.562. The maximum absolute atomic E-state index is 12.1. The first-order valence-electron chi connectivity index (χ1n) is 7.88. The molecule has 0 fully saturated rings. The molecule has 0 aromatic heterocycles. The van der Waals surface area contributed by atoms with Gasteiger partial charge in [0.15, 0.2) is 0 Å². The maximum atomic E-state index is 12.1. The number of hydrogen-bond acceptors (Lipinski definition) is 4. The van der Waals surface area contributed by atoms with Crippen molar-refractivity contribution in [3.05, 3.63) is 23.2 Å². The Hall–Kier alpha value is -1.30. The average molecular weight is 343 g/mol. The van der Waals surface area contributed by atoms with Crippen molar-refractivity contribution >= 4 is 23.2 Å². The molecule has 1 amide bonds. The SMILES string of the molecule is COc1ccc(Cl)cc1NC(=O)CC(C)NCCC(O)C(C)C. The molecule has 1 aromatic carbocycles. The molecule has 3 N–H and O–H groups in total. The minimum atomic E-state index is -0.320. The van der Waals surface area contributed by atoms with Gasteiger partial charge in [-0.25, -0.2) is 0 Å². The van der Waals surface area contributed by atoms with E-state index in [0.29, 0.717) is 35.8 Å². The molecule has 23 heavy (non-hydrogen) atoms. The fourth-order valence-corrected chi connectivity index (χ4v) is 2.31. The Morgan fingerprint density at radius 2 is 2.04 bits per heavy atom. The highest BCUT2D eigenvalue weighted by molar-refractivity contribution is 6.31. The molecular weight excluding hydrogens is 316 g/mol. The molecule has 1 aromatic rings. The van der Waals surface area contributed by atoms with Crippen LogP contribution < -0.4 is 15.4 Å². The molecule has 5 nitrogen and oxygen atoms in total. The number of halogens is 1. The molecule has 0 heterocycles. The summed E-state index contributed by atoms with van der Waals surface area (Å²) in [6.45, 7) is 6.59. The Labute approximate surface area is 143 Å². The predicted molar refractivity (Wildman–Crippen MR) is 94.2 cm³/mol. The lowest BCUT2D eigenvalue weighted by Crippen LogP contribution is -2.33. The molecule has 0 aliphatic carbocycles. The predicted octanol–water partition coefficient (Wildman–Crippen LogP) is 3.06. The molecule has 6 heteroatoms. The van der Waals surface area contributed by atoms with E-state index in [4.69, 9.17) is 16.3 Å². The number of aliphatic hydroxyl groups excluding tert-OH is 1. The van der Waals surface area contributed by atoms with Gasteiger partial charge in [0.1, 0.15) is 5.75 Å². The van der Waals surface area contributed by atoms with Crippen LogP contribution in [0, 0.1) is 5.92 Å². The summed E-state index contributed by atoms with van der Waals surface area (Å²) >= 11 is 5.94. The molecule has 130 valence electrons. The first-order valence-corrected chi connectivity index (χ1v) is 8.26. The molecular formula is C17H27ClN2O3. The van der Waals surface area contributed by atoms with Gasteiger partial charge in [0, 0.05) is 17.5 Å². The highest BCUT2D eigenvalue weighted by Gasteiger charge is 2.13. The second kappa shape index (κ2) is 9.75. The number of anilines is 1. The molecule has 0 spiro atoms. The Morgan fingerprint density at radius 1 is 1.35 bits per heavy atom. The van der Waals surface area contributed by atoms with Gasteiger partial charge in [-0.3, -0.25) is 4.79 Å². The zero-order valence-electron chi connectivity index (χ0n) is 14.2. The van der Waals surface area contributed by atoms with E-state index < -0.39 is 0 Å². The summed E-state index contributed by atoms with van der Waals surface area (Å²) in [5, 5.41) is 16.4. The van der Waals surface area contributed by atoms with Crippen molar-refractivity contribution in [3.63, 3.8) is 0 Å². The van der Waals surface area contributed by atoms with E-state index in [-0.39, 0.29) is 24.0 Å². The Bertz CT molecular complexity index is 509. The lowest BCUT2D eigenvalue weighted by Gasteiger charge is -2.18. The van der Waals surface area contributed by atoms with Crippen LogP contribution in [0.15, 0.2) is 18.2 Å². The Kier molecular flexibility index (Phi) is 8.37. The molecule has 2 unspecified atom stereocenters. The first-order chi connectivity index (χ1) is 10.8. The van der Waals surface area contributed by atoms with E-state index in [9.17, 15) is 9.90 Å². The molecule has 0 aliphatic rings. The number of aliphatic hydroxyl groups is 1. The highest BCUT2D eigenvalue weighted by Crippen LogP contribution is 2.27. The second-order valence-electron chi connectivity index (χ2n) is 6.05. The van der Waals surface area contributed by atoms with E-state index in [1.54, 1.807) is 25.3 Å². The summed E-state index contributed by atoms with van der Waals surface area (Å²) in [4.78, 5) is 12.1. The fourth-order valence-electron chi connectivity index (χ4n) is 2.14. The molecule has 0 bridgehead atoms. The van der Waals surface area contributed by atoms with Gasteiger partial charge in [0.05, 0.1) is 18.9 Å². The van der Waals surface area contributed by atoms with Crippen molar-refractivity contribution in [2.24, 2.45) is 5.92 Å². The van der Waals surface area contributed by atoms with Gasteiger partial charge in [0.25, 0.3) is 0 Å². The lowest BCUT2D eigenvalue weighted by molar-refractivity contribution is -0.116. The average Bonchev–Trinajstić information content (AvgIpc) is 2.47. The van der Waals surface area contributed by atoms with Crippen LogP contribution in [0.5, 0.6) is 5.75 Å². The van der Waals surface area contributed by atoms with Crippen molar-refractivity contribution in [3.8, 4) is 5.75 Å². The minimum absolute atomic E-state index is 0.0135. The molecule has 1 rings (SSSR count). The van der Waals surface area contributed by atoms with E-state index in [2.05, 4.69) is 10.6 Å². The third-order valence-corrected chi connectivity index (χ3v) is 3.86. The van der Waals surface area contributed by atoms with Gasteiger partial charge in [-0.2, -0.15) is 0 Å². The molecule has 2 atom stereocenters. The maximum Gasteiger partial charge on any atom is 0.226 e. The summed E-state index contributed by atoms with van der Waals surface area (Å²) < 4.78 is 5.20. The first kappa shape index (κ1) is 19.7.